The first-order chi connectivity index (χ1) is 8.69. The van der Waals surface area contributed by atoms with Gasteiger partial charge in [0, 0.05) is 11.4 Å². The van der Waals surface area contributed by atoms with Gasteiger partial charge in [-0.25, -0.2) is 0 Å². The summed E-state index contributed by atoms with van der Waals surface area (Å²) in [5.74, 6) is 0.344. The van der Waals surface area contributed by atoms with Crippen molar-refractivity contribution in [1.29, 1.82) is 5.26 Å². The molecule has 1 amide bonds. The van der Waals surface area contributed by atoms with E-state index in [9.17, 15) is 4.79 Å². The Labute approximate surface area is 112 Å². The summed E-state index contributed by atoms with van der Waals surface area (Å²) in [4.78, 5) is 12.1. The number of benzene rings is 1. The number of nitrogens with one attached hydrogen (secondary N) is 1. The minimum Gasteiger partial charge on any atom is -0.345 e. The Morgan fingerprint density at radius 2 is 1.94 bits per heavy atom. The van der Waals surface area contributed by atoms with Crippen molar-refractivity contribution in [3.05, 3.63) is 35.4 Å². The number of amides is 1. The highest BCUT2D eigenvalue weighted by Crippen LogP contribution is 2.31. The van der Waals surface area contributed by atoms with Gasteiger partial charge >= 0.3 is 0 Å². The van der Waals surface area contributed by atoms with E-state index in [0.29, 0.717) is 17.0 Å². The Kier molecular flexibility index (Phi) is 3.88. The third-order valence-electron chi connectivity index (χ3n) is 3.47. The fourth-order valence-corrected chi connectivity index (χ4v) is 2.69. The van der Waals surface area contributed by atoms with Gasteiger partial charge in [-0.1, -0.05) is 12.8 Å². The maximum absolute atomic E-state index is 12.1. The van der Waals surface area contributed by atoms with Gasteiger partial charge in [0.1, 0.15) is 0 Å². The second-order valence-corrected chi connectivity index (χ2v) is 5.03. The summed E-state index contributed by atoms with van der Waals surface area (Å²) in [5.41, 5.74) is 0.886. The molecule has 0 aromatic heterocycles. The van der Waals surface area contributed by atoms with Gasteiger partial charge in [-0.2, -0.15) is 5.26 Å². The van der Waals surface area contributed by atoms with E-state index in [4.69, 9.17) is 16.9 Å². The summed E-state index contributed by atoms with van der Waals surface area (Å²) in [6.07, 6.45) is 4.11. The lowest BCUT2D eigenvalue weighted by molar-refractivity contribution is 0.0909. The molecule has 0 heterocycles. The Morgan fingerprint density at radius 1 is 1.33 bits per heavy atom. The number of rotatable bonds is 3. The molecule has 1 aliphatic carbocycles. The molecule has 0 saturated heterocycles. The first kappa shape index (κ1) is 12.9. The molecule has 2 rings (SSSR count). The molecule has 0 atom stereocenters. The number of halogens is 1. The van der Waals surface area contributed by atoms with Crippen LogP contribution in [-0.4, -0.2) is 17.3 Å². The lowest BCUT2D eigenvalue weighted by Crippen LogP contribution is -2.47. The number of nitrogens with zero attached hydrogens (tertiary/aromatic N) is 1. The number of hydrogen-bond donors (Lipinski definition) is 1. The molecule has 0 radical (unpaired) electrons. The standard InChI is InChI=1S/C14H15ClN2O/c15-10-14(7-1-2-8-14)17-13(18)12-5-3-11(9-16)4-6-12/h3-6H,1-2,7-8,10H2,(H,17,18). The smallest absolute Gasteiger partial charge is 0.251 e. The molecule has 1 aromatic carbocycles. The fourth-order valence-electron chi connectivity index (χ4n) is 2.35. The lowest BCUT2D eigenvalue weighted by Gasteiger charge is -2.27. The molecule has 1 saturated carbocycles. The molecule has 1 aromatic rings. The van der Waals surface area contributed by atoms with E-state index < -0.39 is 0 Å². The largest absolute Gasteiger partial charge is 0.345 e. The Bertz CT molecular complexity index is 470. The third kappa shape index (κ3) is 2.65. The molecule has 0 bridgehead atoms. The van der Waals surface area contributed by atoms with Crippen LogP contribution in [0.2, 0.25) is 0 Å². The van der Waals surface area contributed by atoms with E-state index in [1.54, 1.807) is 24.3 Å². The molecule has 0 spiro atoms. The van der Waals surface area contributed by atoms with Gasteiger partial charge in [-0.3, -0.25) is 4.79 Å². The average molecular weight is 263 g/mol. The minimum absolute atomic E-state index is 0.109. The summed E-state index contributed by atoms with van der Waals surface area (Å²) in [6.45, 7) is 0. The van der Waals surface area contributed by atoms with Crippen molar-refractivity contribution in [3.63, 3.8) is 0 Å². The van der Waals surface area contributed by atoms with Crippen LogP contribution in [0.15, 0.2) is 24.3 Å². The van der Waals surface area contributed by atoms with Crippen LogP contribution in [0.1, 0.15) is 41.6 Å². The van der Waals surface area contributed by atoms with Crippen molar-refractivity contribution >= 4 is 17.5 Å². The topological polar surface area (TPSA) is 52.9 Å². The summed E-state index contributed by atoms with van der Waals surface area (Å²) in [6, 6.07) is 8.67. The van der Waals surface area contributed by atoms with Gasteiger partial charge in [-0.05, 0) is 37.1 Å². The maximum atomic E-state index is 12.1. The number of carbonyl (C=O) groups is 1. The molecule has 94 valence electrons. The normalized spacial score (nSPS) is 17.1. The zero-order chi connectivity index (χ0) is 13.0. The van der Waals surface area contributed by atoms with Gasteiger partial charge in [0.25, 0.3) is 5.91 Å². The highest BCUT2D eigenvalue weighted by atomic mass is 35.5. The second-order valence-electron chi connectivity index (χ2n) is 4.76. The van der Waals surface area contributed by atoms with Crippen LogP contribution in [0, 0.1) is 11.3 Å². The molecular formula is C14H15ClN2O. The van der Waals surface area contributed by atoms with E-state index in [1.807, 2.05) is 6.07 Å². The summed E-state index contributed by atoms with van der Waals surface area (Å²) in [5, 5.41) is 11.8. The van der Waals surface area contributed by atoms with Crippen molar-refractivity contribution in [2.24, 2.45) is 0 Å². The number of alkyl halides is 1. The summed E-state index contributed by atoms with van der Waals surface area (Å²) in [7, 11) is 0. The summed E-state index contributed by atoms with van der Waals surface area (Å²) < 4.78 is 0. The Morgan fingerprint density at radius 3 is 2.44 bits per heavy atom. The van der Waals surface area contributed by atoms with Crippen LogP contribution >= 0.6 is 11.6 Å². The highest BCUT2D eigenvalue weighted by Gasteiger charge is 2.34. The van der Waals surface area contributed by atoms with Crippen molar-refractivity contribution in [3.8, 4) is 6.07 Å². The zero-order valence-corrected chi connectivity index (χ0v) is 10.8. The minimum atomic E-state index is -0.244. The van der Waals surface area contributed by atoms with E-state index in [-0.39, 0.29) is 11.4 Å². The molecule has 0 unspecified atom stereocenters. The van der Waals surface area contributed by atoms with Crippen LogP contribution in [0.3, 0.4) is 0 Å². The summed E-state index contributed by atoms with van der Waals surface area (Å²) >= 11 is 5.99. The SMILES string of the molecule is N#Cc1ccc(C(=O)NC2(CCl)CCCC2)cc1. The quantitative estimate of drug-likeness (QED) is 0.852. The van der Waals surface area contributed by atoms with Crippen LogP contribution in [-0.2, 0) is 0 Å². The Balaban J connectivity index is 2.09. The van der Waals surface area contributed by atoms with E-state index in [0.717, 1.165) is 25.7 Å². The second kappa shape index (κ2) is 5.41. The van der Waals surface area contributed by atoms with Crippen LogP contribution in [0.4, 0.5) is 0 Å². The maximum Gasteiger partial charge on any atom is 0.251 e. The van der Waals surface area contributed by atoms with Crippen molar-refractivity contribution in [2.75, 3.05) is 5.88 Å². The molecule has 1 aliphatic rings. The first-order valence-corrected chi connectivity index (χ1v) is 6.61. The average Bonchev–Trinajstić information content (AvgIpc) is 2.88. The van der Waals surface area contributed by atoms with E-state index in [2.05, 4.69) is 5.32 Å². The Hall–Kier alpha value is -1.53. The molecule has 1 fully saturated rings. The predicted octanol–water partition coefficient (Wildman–Crippen LogP) is 2.84. The number of hydrogen-bond acceptors (Lipinski definition) is 2. The van der Waals surface area contributed by atoms with Crippen molar-refractivity contribution in [1.82, 2.24) is 5.32 Å². The molecule has 1 N–H and O–H groups in total. The van der Waals surface area contributed by atoms with E-state index >= 15 is 0 Å². The first-order valence-electron chi connectivity index (χ1n) is 6.08. The molecule has 18 heavy (non-hydrogen) atoms. The zero-order valence-electron chi connectivity index (χ0n) is 10.1. The van der Waals surface area contributed by atoms with Crippen LogP contribution < -0.4 is 5.32 Å². The molecular weight excluding hydrogens is 248 g/mol. The van der Waals surface area contributed by atoms with Gasteiger partial charge in [0.05, 0.1) is 17.2 Å². The molecule has 0 aliphatic heterocycles. The van der Waals surface area contributed by atoms with E-state index in [1.165, 1.54) is 0 Å². The highest BCUT2D eigenvalue weighted by molar-refractivity contribution is 6.19. The monoisotopic (exact) mass is 262 g/mol. The van der Waals surface area contributed by atoms with Gasteiger partial charge in [0.15, 0.2) is 0 Å². The van der Waals surface area contributed by atoms with Gasteiger partial charge in [-0.15, -0.1) is 11.6 Å². The van der Waals surface area contributed by atoms with Crippen molar-refractivity contribution < 1.29 is 4.79 Å². The van der Waals surface area contributed by atoms with Crippen LogP contribution in [0.5, 0.6) is 0 Å². The predicted molar refractivity (Wildman–Crippen MR) is 70.5 cm³/mol. The fraction of sp³-hybridized carbons (Fsp3) is 0.429. The number of carbonyl (C=O) groups excluding carboxylic acids is 1. The molecule has 3 nitrogen and oxygen atoms in total. The molecule has 4 heteroatoms. The van der Waals surface area contributed by atoms with Gasteiger partial charge in [0.2, 0.25) is 0 Å². The lowest BCUT2D eigenvalue weighted by atomic mass is 9.99. The van der Waals surface area contributed by atoms with Crippen LogP contribution in [0.25, 0.3) is 0 Å². The van der Waals surface area contributed by atoms with Crippen molar-refractivity contribution in [2.45, 2.75) is 31.2 Å². The third-order valence-corrected chi connectivity index (χ3v) is 3.98. The van der Waals surface area contributed by atoms with Gasteiger partial charge < -0.3 is 5.32 Å². The number of nitriles is 1.